The van der Waals surface area contributed by atoms with E-state index in [1.165, 1.54) is 45.6 Å². The van der Waals surface area contributed by atoms with E-state index in [0.29, 0.717) is 28.2 Å². The Morgan fingerprint density at radius 3 is 2.12 bits per heavy atom. The summed E-state index contributed by atoms with van der Waals surface area (Å²) in [5.41, 5.74) is 1.34. The lowest BCUT2D eigenvalue weighted by Gasteiger charge is -2.14. The first kappa shape index (κ1) is 22.2. The summed E-state index contributed by atoms with van der Waals surface area (Å²) >= 11 is 6.43. The van der Waals surface area contributed by atoms with E-state index in [0.717, 1.165) is 5.56 Å². The first-order valence-electron chi connectivity index (χ1n) is 9.80. The van der Waals surface area contributed by atoms with Gasteiger partial charge in [0.25, 0.3) is 0 Å². The number of fused-ring (bicyclic) bond motifs is 1. The van der Waals surface area contributed by atoms with Crippen molar-refractivity contribution in [3.63, 3.8) is 0 Å². The maximum absolute atomic E-state index is 12.9. The molecule has 0 bridgehead atoms. The fourth-order valence-electron chi connectivity index (χ4n) is 3.46. The number of esters is 1. The van der Waals surface area contributed by atoms with Crippen LogP contribution in [-0.4, -0.2) is 27.3 Å². The lowest BCUT2D eigenvalue weighted by atomic mass is 10.0. The summed E-state index contributed by atoms with van der Waals surface area (Å²) in [7, 11) is 4.35. The van der Waals surface area contributed by atoms with Crippen LogP contribution in [0.25, 0.3) is 22.1 Å². The molecule has 3 aromatic carbocycles. The lowest BCUT2D eigenvalue weighted by Crippen LogP contribution is -2.10. The second-order valence-corrected chi connectivity index (χ2v) is 7.33. The van der Waals surface area contributed by atoms with Crippen molar-refractivity contribution >= 4 is 28.5 Å². The van der Waals surface area contributed by atoms with E-state index in [-0.39, 0.29) is 21.9 Å². The molecule has 0 aliphatic heterocycles. The molecular weight excluding hydrogens is 448 g/mol. The highest BCUT2D eigenvalue weighted by atomic mass is 35.5. The maximum Gasteiger partial charge on any atom is 0.343 e. The summed E-state index contributed by atoms with van der Waals surface area (Å²) in [5.74, 6) is 0.266. The first-order chi connectivity index (χ1) is 15.9. The Bertz CT molecular complexity index is 1370. The largest absolute Gasteiger partial charge is 0.493 e. The smallest absolute Gasteiger partial charge is 0.343 e. The first-order valence-corrected chi connectivity index (χ1v) is 10.2. The lowest BCUT2D eigenvalue weighted by molar-refractivity contribution is 0.0734. The molecule has 0 N–H and O–H groups in total. The van der Waals surface area contributed by atoms with Gasteiger partial charge in [-0.3, -0.25) is 0 Å². The van der Waals surface area contributed by atoms with Crippen molar-refractivity contribution in [1.29, 1.82) is 0 Å². The Morgan fingerprint density at radius 1 is 0.848 bits per heavy atom. The number of carbonyl (C=O) groups excluding carboxylic acids is 1. The molecule has 0 fully saturated rings. The molecular formula is C25H19ClO7. The van der Waals surface area contributed by atoms with Crippen LogP contribution in [0.2, 0.25) is 5.02 Å². The Kier molecular flexibility index (Phi) is 6.24. The summed E-state index contributed by atoms with van der Waals surface area (Å²) < 4.78 is 26.7. The third-order valence-corrected chi connectivity index (χ3v) is 5.28. The van der Waals surface area contributed by atoms with Crippen LogP contribution in [0, 0.1) is 0 Å². The second-order valence-electron chi connectivity index (χ2n) is 6.93. The molecule has 33 heavy (non-hydrogen) atoms. The molecule has 0 unspecified atom stereocenters. The number of ether oxygens (including phenoxy) is 4. The van der Waals surface area contributed by atoms with E-state index in [1.807, 2.05) is 30.3 Å². The maximum atomic E-state index is 12.9. The molecule has 0 radical (unpaired) electrons. The van der Waals surface area contributed by atoms with Gasteiger partial charge in [0.2, 0.25) is 5.75 Å². The molecule has 4 rings (SSSR count). The van der Waals surface area contributed by atoms with Gasteiger partial charge in [-0.25, -0.2) is 9.59 Å². The van der Waals surface area contributed by atoms with E-state index in [2.05, 4.69) is 0 Å². The molecule has 1 aromatic heterocycles. The number of carbonyl (C=O) groups is 1. The van der Waals surface area contributed by atoms with Gasteiger partial charge in [-0.05, 0) is 29.3 Å². The van der Waals surface area contributed by atoms with E-state index >= 15 is 0 Å². The van der Waals surface area contributed by atoms with Crippen LogP contribution in [0.1, 0.15) is 10.4 Å². The van der Waals surface area contributed by atoms with Crippen LogP contribution in [0.4, 0.5) is 0 Å². The molecule has 0 saturated carbocycles. The molecule has 1 heterocycles. The number of methoxy groups -OCH3 is 3. The molecule has 0 saturated heterocycles. The van der Waals surface area contributed by atoms with Gasteiger partial charge >= 0.3 is 11.6 Å². The van der Waals surface area contributed by atoms with Crippen molar-refractivity contribution in [3.8, 4) is 34.1 Å². The normalized spacial score (nSPS) is 10.7. The van der Waals surface area contributed by atoms with Crippen LogP contribution >= 0.6 is 11.6 Å². The zero-order chi connectivity index (χ0) is 23.5. The minimum Gasteiger partial charge on any atom is -0.493 e. The highest BCUT2D eigenvalue weighted by molar-refractivity contribution is 6.33. The molecule has 0 amide bonds. The highest BCUT2D eigenvalue weighted by Gasteiger charge is 2.20. The van der Waals surface area contributed by atoms with Gasteiger partial charge in [0.1, 0.15) is 5.58 Å². The number of benzene rings is 3. The number of hydrogen-bond donors (Lipinski definition) is 0. The van der Waals surface area contributed by atoms with Crippen molar-refractivity contribution in [1.82, 2.24) is 0 Å². The van der Waals surface area contributed by atoms with Crippen molar-refractivity contribution in [3.05, 3.63) is 81.7 Å². The van der Waals surface area contributed by atoms with E-state index in [1.54, 1.807) is 6.07 Å². The topological polar surface area (TPSA) is 84.2 Å². The Hall–Kier alpha value is -3.97. The third kappa shape index (κ3) is 4.36. The van der Waals surface area contributed by atoms with Crippen molar-refractivity contribution in [2.24, 2.45) is 0 Å². The van der Waals surface area contributed by atoms with Gasteiger partial charge in [0.05, 0.1) is 31.9 Å². The van der Waals surface area contributed by atoms with E-state index < -0.39 is 11.6 Å². The quantitative estimate of drug-likeness (QED) is 0.215. The minimum atomic E-state index is -0.711. The number of halogens is 1. The van der Waals surface area contributed by atoms with Gasteiger partial charge in [0, 0.05) is 17.5 Å². The number of rotatable bonds is 6. The van der Waals surface area contributed by atoms with Crippen LogP contribution in [0.5, 0.6) is 23.0 Å². The highest BCUT2D eigenvalue weighted by Crippen LogP contribution is 2.39. The monoisotopic (exact) mass is 466 g/mol. The van der Waals surface area contributed by atoms with Crippen molar-refractivity contribution in [2.45, 2.75) is 0 Å². The standard InChI is InChI=1S/C25H19ClO7/c1-29-21-9-15(10-22(30-2)24(21)31-3)25(28)33-20-13-19-17(11-18(20)26)16(12-23(27)32-19)14-7-5-4-6-8-14/h4-13H,1-3H3. The second kappa shape index (κ2) is 9.26. The summed E-state index contributed by atoms with van der Waals surface area (Å²) in [5, 5.41) is 0.785. The Balaban J connectivity index is 1.75. The Labute approximate surface area is 194 Å². The van der Waals surface area contributed by atoms with Crippen molar-refractivity contribution in [2.75, 3.05) is 21.3 Å². The van der Waals surface area contributed by atoms with Crippen LogP contribution in [0.3, 0.4) is 0 Å². The zero-order valence-electron chi connectivity index (χ0n) is 18.0. The van der Waals surface area contributed by atoms with E-state index in [4.69, 9.17) is 35.0 Å². The number of hydrogen-bond acceptors (Lipinski definition) is 7. The van der Waals surface area contributed by atoms with Crippen LogP contribution in [-0.2, 0) is 0 Å². The molecule has 0 spiro atoms. The minimum absolute atomic E-state index is 0.0382. The molecule has 4 aromatic rings. The zero-order valence-corrected chi connectivity index (χ0v) is 18.8. The summed E-state index contributed by atoms with van der Waals surface area (Å²) in [4.78, 5) is 25.0. The van der Waals surface area contributed by atoms with Crippen LogP contribution < -0.4 is 24.6 Å². The fraction of sp³-hybridized carbons (Fsp3) is 0.120. The van der Waals surface area contributed by atoms with Gasteiger partial charge in [-0.2, -0.15) is 0 Å². The molecule has 8 heteroatoms. The molecule has 168 valence electrons. The van der Waals surface area contributed by atoms with Crippen molar-refractivity contribution < 1.29 is 28.2 Å². The predicted molar refractivity (Wildman–Crippen MR) is 124 cm³/mol. The average Bonchev–Trinajstić information content (AvgIpc) is 2.83. The molecule has 7 nitrogen and oxygen atoms in total. The van der Waals surface area contributed by atoms with Gasteiger partial charge in [-0.15, -0.1) is 0 Å². The molecule has 0 aliphatic rings. The average molecular weight is 467 g/mol. The van der Waals surface area contributed by atoms with Gasteiger partial charge in [-0.1, -0.05) is 41.9 Å². The Morgan fingerprint density at radius 2 is 1.52 bits per heavy atom. The third-order valence-electron chi connectivity index (χ3n) is 4.98. The fourth-order valence-corrected chi connectivity index (χ4v) is 3.66. The summed E-state index contributed by atoms with van der Waals surface area (Å²) in [6.45, 7) is 0. The summed E-state index contributed by atoms with van der Waals surface area (Å²) in [6.07, 6.45) is 0. The van der Waals surface area contributed by atoms with Crippen LogP contribution in [0.15, 0.2) is 69.9 Å². The summed E-state index contributed by atoms with van der Waals surface area (Å²) in [6, 6.07) is 16.7. The predicted octanol–water partition coefficient (Wildman–Crippen LogP) is 5.36. The molecule has 0 atom stereocenters. The van der Waals surface area contributed by atoms with Gasteiger partial charge in [0.15, 0.2) is 17.2 Å². The SMILES string of the molecule is COc1cc(C(=O)Oc2cc3oc(=O)cc(-c4ccccc4)c3cc2Cl)cc(OC)c1OC. The molecule has 0 aliphatic carbocycles. The van der Waals surface area contributed by atoms with Gasteiger partial charge < -0.3 is 23.4 Å². The van der Waals surface area contributed by atoms with E-state index in [9.17, 15) is 9.59 Å².